The van der Waals surface area contributed by atoms with E-state index in [0.29, 0.717) is 23.6 Å². The normalized spacial score (nSPS) is 14.5. The minimum absolute atomic E-state index is 0.110. The van der Waals surface area contributed by atoms with Crippen molar-refractivity contribution in [2.45, 2.75) is 26.9 Å². The summed E-state index contributed by atoms with van der Waals surface area (Å²) in [4.78, 5) is 39.4. The van der Waals surface area contributed by atoms with Gasteiger partial charge in [0.1, 0.15) is 17.9 Å². The zero-order valence-corrected chi connectivity index (χ0v) is 21.8. The monoisotopic (exact) mass is 516 g/mol. The highest BCUT2D eigenvalue weighted by atomic mass is 16.5. The number of amides is 4. The fraction of sp³-hybridized carbons (Fsp3) is 0.121. The van der Waals surface area contributed by atoms with Gasteiger partial charge in [-0.3, -0.25) is 14.9 Å². The van der Waals surface area contributed by atoms with E-state index in [1.165, 1.54) is 22.8 Å². The summed E-state index contributed by atoms with van der Waals surface area (Å²) in [6.07, 6.45) is 2.29. The molecule has 0 atom stereocenters. The summed E-state index contributed by atoms with van der Waals surface area (Å²) in [6.45, 7) is 4.56. The van der Waals surface area contributed by atoms with Gasteiger partial charge in [-0.2, -0.15) is 0 Å². The van der Waals surface area contributed by atoms with Crippen molar-refractivity contribution in [3.8, 4) is 5.75 Å². The molecule has 4 amide bonds. The highest BCUT2D eigenvalue weighted by Gasteiger charge is 2.36. The molecule has 6 nitrogen and oxygen atoms in total. The molecule has 39 heavy (non-hydrogen) atoms. The molecule has 0 unspecified atom stereocenters. The van der Waals surface area contributed by atoms with Crippen LogP contribution in [0, 0.1) is 13.8 Å². The lowest BCUT2D eigenvalue weighted by atomic mass is 9.99. The van der Waals surface area contributed by atoms with Crippen molar-refractivity contribution in [3.05, 3.63) is 136 Å². The number of carbonyl (C=O) groups excluding carboxylic acids is 3. The summed E-state index contributed by atoms with van der Waals surface area (Å²) in [5.74, 6) is -0.801. The molecule has 1 aliphatic heterocycles. The van der Waals surface area contributed by atoms with E-state index in [9.17, 15) is 14.4 Å². The summed E-state index contributed by atoms with van der Waals surface area (Å²) in [5, 5.41) is 2.27. The van der Waals surface area contributed by atoms with Crippen LogP contribution in [0.5, 0.6) is 5.75 Å². The molecule has 0 aromatic heterocycles. The lowest BCUT2D eigenvalue weighted by molar-refractivity contribution is -0.122. The molecule has 1 saturated heterocycles. The van der Waals surface area contributed by atoms with Crippen molar-refractivity contribution < 1.29 is 19.1 Å². The molecule has 6 heteroatoms. The lowest BCUT2D eigenvalue weighted by Gasteiger charge is -2.26. The van der Waals surface area contributed by atoms with Crippen LogP contribution in [0.25, 0.3) is 6.08 Å². The maximum atomic E-state index is 13.3. The Morgan fingerprint density at radius 1 is 0.744 bits per heavy atom. The van der Waals surface area contributed by atoms with Gasteiger partial charge in [-0.15, -0.1) is 0 Å². The van der Waals surface area contributed by atoms with Crippen LogP contribution in [0.3, 0.4) is 0 Å². The molecule has 4 aromatic rings. The molecule has 0 saturated carbocycles. The maximum Gasteiger partial charge on any atom is 0.335 e. The molecule has 1 aliphatic rings. The van der Waals surface area contributed by atoms with Crippen LogP contribution in [0.1, 0.15) is 33.4 Å². The van der Waals surface area contributed by atoms with Gasteiger partial charge in [0.2, 0.25) is 0 Å². The zero-order valence-electron chi connectivity index (χ0n) is 21.8. The Morgan fingerprint density at radius 3 is 2.08 bits per heavy atom. The first-order valence-electron chi connectivity index (χ1n) is 12.7. The van der Waals surface area contributed by atoms with Crippen molar-refractivity contribution in [1.82, 2.24) is 5.32 Å². The zero-order chi connectivity index (χ0) is 27.4. The molecule has 1 fully saturated rings. The minimum Gasteiger partial charge on any atom is -0.489 e. The third-order valence-corrected chi connectivity index (χ3v) is 6.43. The third kappa shape index (κ3) is 6.13. The molecule has 1 heterocycles. The standard InChI is InChI=1S/C33H28N2O4/c1-22-16-23(2)18-27(17-22)19-24-8-10-25(11-9-24)20-30-31(36)34-33(38)35(32(30)37)28-12-14-29(15-13-28)39-21-26-6-4-3-5-7-26/h3-18,20H,19,21H2,1-2H3,(H,34,36,38)/b30-20+. The van der Waals surface area contributed by atoms with Crippen LogP contribution in [-0.2, 0) is 22.6 Å². The first kappa shape index (κ1) is 25.7. The highest BCUT2D eigenvalue weighted by Crippen LogP contribution is 2.25. The van der Waals surface area contributed by atoms with Gasteiger partial charge in [-0.05, 0) is 72.9 Å². The number of rotatable bonds is 7. The van der Waals surface area contributed by atoms with Crippen LogP contribution in [0.15, 0.2) is 103 Å². The molecule has 0 aliphatic carbocycles. The van der Waals surface area contributed by atoms with Gasteiger partial charge >= 0.3 is 6.03 Å². The van der Waals surface area contributed by atoms with Gasteiger partial charge in [0.05, 0.1) is 5.69 Å². The second-order valence-corrected chi connectivity index (χ2v) is 9.64. The van der Waals surface area contributed by atoms with E-state index in [1.54, 1.807) is 24.3 Å². The number of barbiturate groups is 1. The molecule has 194 valence electrons. The van der Waals surface area contributed by atoms with Crippen molar-refractivity contribution in [3.63, 3.8) is 0 Å². The van der Waals surface area contributed by atoms with E-state index < -0.39 is 17.8 Å². The van der Waals surface area contributed by atoms with Gasteiger partial charge in [-0.1, -0.05) is 83.9 Å². The number of nitrogens with zero attached hydrogens (tertiary/aromatic N) is 1. The third-order valence-electron chi connectivity index (χ3n) is 6.43. The van der Waals surface area contributed by atoms with Crippen molar-refractivity contribution in [1.29, 1.82) is 0 Å². The Balaban J connectivity index is 1.30. The molecule has 0 bridgehead atoms. The average molecular weight is 517 g/mol. The summed E-state index contributed by atoms with van der Waals surface area (Å²) >= 11 is 0. The number of hydrogen-bond donors (Lipinski definition) is 1. The highest BCUT2D eigenvalue weighted by molar-refractivity contribution is 6.39. The Labute approximate surface area is 227 Å². The first-order valence-corrected chi connectivity index (χ1v) is 12.7. The van der Waals surface area contributed by atoms with Crippen LogP contribution in [-0.4, -0.2) is 17.8 Å². The maximum absolute atomic E-state index is 13.3. The van der Waals surface area contributed by atoms with E-state index in [2.05, 4.69) is 37.4 Å². The fourth-order valence-electron chi connectivity index (χ4n) is 4.63. The summed E-state index contributed by atoms with van der Waals surface area (Å²) in [5.41, 5.74) is 6.74. The molecule has 5 rings (SSSR count). The van der Waals surface area contributed by atoms with Gasteiger partial charge in [0, 0.05) is 0 Å². The van der Waals surface area contributed by atoms with Gasteiger partial charge < -0.3 is 4.74 Å². The molecular weight excluding hydrogens is 488 g/mol. The van der Waals surface area contributed by atoms with Crippen LogP contribution in [0.2, 0.25) is 0 Å². The fourth-order valence-corrected chi connectivity index (χ4v) is 4.63. The predicted octanol–water partition coefficient (Wildman–Crippen LogP) is 6.14. The number of anilines is 1. The summed E-state index contributed by atoms with van der Waals surface area (Å²) in [7, 11) is 0. The second kappa shape index (κ2) is 11.2. The Kier molecular flexibility index (Phi) is 7.37. The predicted molar refractivity (Wildman–Crippen MR) is 151 cm³/mol. The van der Waals surface area contributed by atoms with E-state index in [1.807, 2.05) is 54.6 Å². The number of hydrogen-bond acceptors (Lipinski definition) is 4. The van der Waals surface area contributed by atoms with E-state index >= 15 is 0 Å². The molecule has 0 spiro atoms. The van der Waals surface area contributed by atoms with Gasteiger partial charge in [0.25, 0.3) is 11.8 Å². The van der Waals surface area contributed by atoms with E-state index in [-0.39, 0.29) is 5.57 Å². The second-order valence-electron chi connectivity index (χ2n) is 9.64. The van der Waals surface area contributed by atoms with Crippen molar-refractivity contribution in [2.75, 3.05) is 4.90 Å². The number of urea groups is 1. The smallest absolute Gasteiger partial charge is 0.335 e. The number of benzene rings is 4. The van der Waals surface area contributed by atoms with Crippen LogP contribution in [0.4, 0.5) is 10.5 Å². The largest absolute Gasteiger partial charge is 0.489 e. The van der Waals surface area contributed by atoms with Gasteiger partial charge in [-0.25, -0.2) is 9.69 Å². The summed E-state index contributed by atoms with van der Waals surface area (Å²) in [6, 6.07) is 29.7. The topological polar surface area (TPSA) is 75.7 Å². The Morgan fingerprint density at radius 2 is 1.41 bits per heavy atom. The van der Waals surface area contributed by atoms with Crippen molar-refractivity contribution in [2.24, 2.45) is 0 Å². The SMILES string of the molecule is Cc1cc(C)cc(Cc2ccc(/C=C3\C(=O)NC(=O)N(c4ccc(OCc5ccccc5)cc4)C3=O)cc2)c1. The number of imide groups is 2. The summed E-state index contributed by atoms with van der Waals surface area (Å²) < 4.78 is 5.79. The number of ether oxygens (including phenoxy) is 1. The number of aryl methyl sites for hydroxylation is 2. The van der Waals surface area contributed by atoms with Crippen molar-refractivity contribution >= 4 is 29.6 Å². The quantitative estimate of drug-likeness (QED) is 0.237. The average Bonchev–Trinajstić information content (AvgIpc) is 2.91. The minimum atomic E-state index is -0.788. The van der Waals surface area contributed by atoms with E-state index in [4.69, 9.17) is 4.74 Å². The number of nitrogens with one attached hydrogen (secondary N) is 1. The van der Waals surface area contributed by atoms with Crippen LogP contribution < -0.4 is 15.0 Å². The lowest BCUT2D eigenvalue weighted by Crippen LogP contribution is -2.54. The molecule has 1 N–H and O–H groups in total. The Hall–Kier alpha value is -4.97. The molecular formula is C33H28N2O4. The molecule has 0 radical (unpaired) electrons. The number of carbonyl (C=O) groups is 3. The molecule has 4 aromatic carbocycles. The Bertz CT molecular complexity index is 1540. The van der Waals surface area contributed by atoms with Gasteiger partial charge in [0.15, 0.2) is 0 Å². The van der Waals surface area contributed by atoms with E-state index in [0.717, 1.165) is 22.4 Å². The van der Waals surface area contributed by atoms with Crippen LogP contribution >= 0.6 is 0 Å². The first-order chi connectivity index (χ1) is 18.9.